The van der Waals surface area contributed by atoms with Gasteiger partial charge in [-0.3, -0.25) is 4.79 Å². The van der Waals surface area contributed by atoms with Crippen LogP contribution in [0.15, 0.2) is 6.20 Å². The van der Waals surface area contributed by atoms with Crippen molar-refractivity contribution >= 4 is 28.3 Å². The maximum atomic E-state index is 12.6. The molecule has 10 heteroatoms. The van der Waals surface area contributed by atoms with Crippen LogP contribution < -0.4 is 10.2 Å². The van der Waals surface area contributed by atoms with Crippen molar-refractivity contribution < 1.29 is 19.1 Å². The molecule has 0 spiro atoms. The molecule has 2 aromatic heterocycles. The third-order valence-electron chi connectivity index (χ3n) is 4.95. The van der Waals surface area contributed by atoms with Gasteiger partial charge in [0.2, 0.25) is 0 Å². The van der Waals surface area contributed by atoms with Crippen LogP contribution in [0.1, 0.15) is 51.9 Å². The van der Waals surface area contributed by atoms with Gasteiger partial charge in [0.05, 0.1) is 30.6 Å². The Morgan fingerprint density at radius 1 is 1.41 bits per heavy atom. The number of thiazole rings is 1. The van der Waals surface area contributed by atoms with Crippen LogP contribution in [0.2, 0.25) is 0 Å². The highest BCUT2D eigenvalue weighted by molar-refractivity contribution is 7.17. The number of anilines is 1. The van der Waals surface area contributed by atoms with Crippen molar-refractivity contribution in [2.45, 2.75) is 45.8 Å². The van der Waals surface area contributed by atoms with Gasteiger partial charge >= 0.3 is 5.97 Å². The van der Waals surface area contributed by atoms with E-state index in [9.17, 15) is 9.59 Å². The Bertz CT molecular complexity index is 865. The maximum absolute atomic E-state index is 12.6. The van der Waals surface area contributed by atoms with E-state index in [4.69, 9.17) is 9.47 Å². The summed E-state index contributed by atoms with van der Waals surface area (Å²) in [6.07, 6.45) is 2.80. The van der Waals surface area contributed by atoms with Crippen LogP contribution in [0, 0.1) is 6.92 Å². The Morgan fingerprint density at radius 3 is 2.86 bits per heavy atom. The number of carbonyl (C=O) groups is 2. The number of imidazole rings is 1. The van der Waals surface area contributed by atoms with Crippen LogP contribution in [0.25, 0.3) is 0 Å². The SMILES string of the molecule is CCOC(=O)c1cnc(N2CC[C@H](NC(=O)c3nc(CC)c(C)[nH]3)[C@H](OC)C2)s1. The first kappa shape index (κ1) is 21.3. The van der Waals surface area contributed by atoms with Crippen LogP contribution in [0.5, 0.6) is 0 Å². The van der Waals surface area contributed by atoms with Crippen molar-refractivity contribution in [3.63, 3.8) is 0 Å². The Morgan fingerprint density at radius 2 is 2.21 bits per heavy atom. The van der Waals surface area contributed by atoms with E-state index < -0.39 is 0 Å². The number of carbonyl (C=O) groups excluding carboxylic acids is 2. The first-order chi connectivity index (χ1) is 14.0. The molecule has 2 N–H and O–H groups in total. The van der Waals surface area contributed by atoms with Gasteiger partial charge < -0.3 is 24.7 Å². The summed E-state index contributed by atoms with van der Waals surface area (Å²) in [5.74, 6) is -0.260. The second-order valence-electron chi connectivity index (χ2n) is 6.83. The monoisotopic (exact) mass is 421 g/mol. The number of amides is 1. The number of ether oxygens (including phenoxy) is 2. The minimum atomic E-state index is -0.359. The number of aromatic nitrogens is 3. The molecule has 2 atom stereocenters. The molecule has 3 heterocycles. The van der Waals surface area contributed by atoms with Crippen molar-refractivity contribution in [1.82, 2.24) is 20.3 Å². The minimum Gasteiger partial charge on any atom is -0.462 e. The van der Waals surface area contributed by atoms with Gasteiger partial charge in [-0.05, 0) is 26.7 Å². The molecule has 0 bridgehead atoms. The highest BCUT2D eigenvalue weighted by Crippen LogP contribution is 2.27. The molecular formula is C19H27N5O4S. The molecule has 0 aromatic carbocycles. The van der Waals surface area contributed by atoms with Crippen molar-refractivity contribution in [1.29, 1.82) is 0 Å². The molecule has 3 rings (SSSR count). The number of nitrogens with zero attached hydrogens (tertiary/aromatic N) is 3. The van der Waals surface area contributed by atoms with Crippen molar-refractivity contribution in [2.75, 3.05) is 31.7 Å². The second-order valence-corrected chi connectivity index (χ2v) is 7.84. The highest BCUT2D eigenvalue weighted by atomic mass is 32.1. The summed E-state index contributed by atoms with van der Waals surface area (Å²) in [4.78, 5) is 38.8. The summed E-state index contributed by atoms with van der Waals surface area (Å²) in [6.45, 7) is 7.28. The van der Waals surface area contributed by atoms with E-state index in [0.29, 0.717) is 36.8 Å². The molecule has 0 saturated carbocycles. The Labute approximate surface area is 173 Å². The van der Waals surface area contributed by atoms with E-state index in [2.05, 4.69) is 25.2 Å². The van der Waals surface area contributed by atoms with E-state index in [1.54, 1.807) is 14.0 Å². The number of methoxy groups -OCH3 is 1. The fourth-order valence-electron chi connectivity index (χ4n) is 3.39. The van der Waals surface area contributed by atoms with Crippen molar-refractivity contribution in [2.24, 2.45) is 0 Å². The summed E-state index contributed by atoms with van der Waals surface area (Å²) in [6, 6.07) is -0.135. The van der Waals surface area contributed by atoms with Gasteiger partial charge in [-0.1, -0.05) is 18.3 Å². The lowest BCUT2D eigenvalue weighted by molar-refractivity contribution is 0.0530. The van der Waals surface area contributed by atoms with Gasteiger partial charge in [-0.15, -0.1) is 0 Å². The van der Waals surface area contributed by atoms with E-state index in [1.165, 1.54) is 17.5 Å². The molecule has 9 nitrogen and oxygen atoms in total. The van der Waals surface area contributed by atoms with Crippen molar-refractivity contribution in [3.05, 3.63) is 28.3 Å². The summed E-state index contributed by atoms with van der Waals surface area (Å²) >= 11 is 1.30. The molecule has 2 aromatic rings. The molecule has 0 radical (unpaired) electrons. The van der Waals surface area contributed by atoms with Gasteiger partial charge in [0.15, 0.2) is 11.0 Å². The predicted octanol–water partition coefficient (Wildman–Crippen LogP) is 1.94. The molecular weight excluding hydrogens is 394 g/mol. The number of hydrogen-bond donors (Lipinski definition) is 2. The number of aromatic amines is 1. The average molecular weight is 422 g/mol. The lowest BCUT2D eigenvalue weighted by atomic mass is 10.0. The number of rotatable bonds is 7. The van der Waals surface area contributed by atoms with E-state index in [0.717, 1.165) is 22.9 Å². The van der Waals surface area contributed by atoms with Gasteiger partial charge in [0.25, 0.3) is 5.91 Å². The van der Waals surface area contributed by atoms with Crippen LogP contribution in [-0.4, -0.2) is 65.8 Å². The van der Waals surface area contributed by atoms with E-state index in [1.807, 2.05) is 13.8 Å². The third-order valence-corrected chi connectivity index (χ3v) is 5.99. The van der Waals surface area contributed by atoms with E-state index >= 15 is 0 Å². The summed E-state index contributed by atoms with van der Waals surface area (Å²) in [5.41, 5.74) is 1.81. The molecule has 1 aliphatic heterocycles. The zero-order valence-electron chi connectivity index (χ0n) is 17.2. The fourth-order valence-corrected chi connectivity index (χ4v) is 4.23. The van der Waals surface area contributed by atoms with Crippen LogP contribution in [0.4, 0.5) is 5.13 Å². The lowest BCUT2D eigenvalue weighted by Crippen LogP contribution is -2.55. The maximum Gasteiger partial charge on any atom is 0.350 e. The van der Waals surface area contributed by atoms with Gasteiger partial charge in [-0.2, -0.15) is 0 Å². The summed E-state index contributed by atoms with van der Waals surface area (Å²) in [7, 11) is 1.63. The summed E-state index contributed by atoms with van der Waals surface area (Å²) < 4.78 is 10.7. The smallest absolute Gasteiger partial charge is 0.350 e. The van der Waals surface area contributed by atoms with Crippen LogP contribution in [0.3, 0.4) is 0 Å². The van der Waals surface area contributed by atoms with Crippen LogP contribution in [-0.2, 0) is 15.9 Å². The molecule has 0 aliphatic carbocycles. The number of H-pyrrole nitrogens is 1. The van der Waals surface area contributed by atoms with Crippen molar-refractivity contribution in [3.8, 4) is 0 Å². The molecule has 1 saturated heterocycles. The predicted molar refractivity (Wildman–Crippen MR) is 110 cm³/mol. The topological polar surface area (TPSA) is 109 Å². The van der Waals surface area contributed by atoms with Crippen LogP contribution >= 0.6 is 11.3 Å². The quantitative estimate of drug-likeness (QED) is 0.658. The first-order valence-electron chi connectivity index (χ1n) is 9.73. The number of nitrogens with one attached hydrogen (secondary N) is 2. The average Bonchev–Trinajstić information content (AvgIpc) is 3.35. The zero-order valence-corrected chi connectivity index (χ0v) is 18.0. The Kier molecular flexibility index (Phi) is 6.86. The molecule has 0 unspecified atom stereocenters. The van der Waals surface area contributed by atoms with Gasteiger partial charge in [0.1, 0.15) is 4.88 Å². The zero-order chi connectivity index (χ0) is 21.0. The number of piperidine rings is 1. The second kappa shape index (κ2) is 9.36. The lowest BCUT2D eigenvalue weighted by Gasteiger charge is -2.37. The molecule has 158 valence electrons. The number of esters is 1. The molecule has 1 aliphatic rings. The first-order valence-corrected chi connectivity index (χ1v) is 10.5. The molecule has 29 heavy (non-hydrogen) atoms. The number of hydrogen-bond acceptors (Lipinski definition) is 8. The standard InChI is InChI=1S/C19H27N5O4S/c1-5-12-11(3)21-16(22-12)17(25)23-13-7-8-24(10-14(13)27-4)19-20-9-15(29-19)18(26)28-6-2/h9,13-14H,5-8,10H2,1-4H3,(H,21,22)(H,23,25)/t13-,14+/m0/s1. The third kappa shape index (κ3) is 4.76. The van der Waals surface area contributed by atoms with Gasteiger partial charge in [0, 0.05) is 25.9 Å². The van der Waals surface area contributed by atoms with Gasteiger partial charge in [-0.25, -0.2) is 14.8 Å². The molecule has 1 fully saturated rings. The Balaban J connectivity index is 1.63. The fraction of sp³-hybridized carbons (Fsp3) is 0.579. The highest BCUT2D eigenvalue weighted by Gasteiger charge is 2.32. The molecule has 1 amide bonds. The normalized spacial score (nSPS) is 19.2. The minimum absolute atomic E-state index is 0.135. The Hall–Kier alpha value is -2.46. The summed E-state index contributed by atoms with van der Waals surface area (Å²) in [5, 5.41) is 3.78. The van der Waals surface area contributed by atoms with E-state index in [-0.39, 0.29) is 24.0 Å². The largest absolute Gasteiger partial charge is 0.462 e. The number of aryl methyl sites for hydroxylation is 2.